The van der Waals surface area contributed by atoms with Gasteiger partial charge in [-0.1, -0.05) is 6.08 Å². The van der Waals surface area contributed by atoms with Crippen LogP contribution < -0.4 is 5.73 Å². The van der Waals surface area contributed by atoms with Gasteiger partial charge in [-0.15, -0.1) is 6.58 Å². The Labute approximate surface area is 122 Å². The van der Waals surface area contributed by atoms with Crippen LogP contribution in [0.1, 0.15) is 0 Å². The van der Waals surface area contributed by atoms with Crippen molar-refractivity contribution in [3.8, 4) is 0 Å². The minimum absolute atomic E-state index is 0.583. The lowest BCUT2D eigenvalue weighted by Gasteiger charge is -2.21. The minimum Gasteiger partial charge on any atom is -0.327 e. The summed E-state index contributed by atoms with van der Waals surface area (Å²) >= 11 is 0. The summed E-state index contributed by atoms with van der Waals surface area (Å²) in [5.74, 6) is -1.90. The summed E-state index contributed by atoms with van der Waals surface area (Å²) < 4.78 is 115. The Morgan fingerprint density at radius 2 is 1.32 bits per heavy atom. The van der Waals surface area contributed by atoms with E-state index in [0.29, 0.717) is 6.54 Å². The topological polar surface area (TPSA) is 80.4 Å². The Morgan fingerprint density at radius 3 is 1.59 bits per heavy atom. The lowest BCUT2D eigenvalue weighted by atomic mass is 10.1. The lowest BCUT2D eigenvalue weighted by molar-refractivity contribution is -0.0492. The van der Waals surface area contributed by atoms with E-state index in [1.54, 1.807) is 6.08 Å². The van der Waals surface area contributed by atoms with Gasteiger partial charge in [-0.3, -0.25) is 4.55 Å². The van der Waals surface area contributed by atoms with Crippen LogP contribution in [0.2, 0.25) is 0 Å². The molecule has 0 aromatic heterocycles. The third-order valence-corrected chi connectivity index (χ3v) is 2.78. The molecule has 0 heterocycles. The summed E-state index contributed by atoms with van der Waals surface area (Å²) in [6, 6.07) is 0. The zero-order valence-electron chi connectivity index (χ0n) is 11.1. The predicted octanol–water partition coefficient (Wildman–Crippen LogP) is 1.96. The molecule has 0 fully saturated rings. The second-order valence-electron chi connectivity index (χ2n) is 3.90. The zero-order chi connectivity index (χ0) is 18.1. The van der Waals surface area contributed by atoms with E-state index in [0.717, 1.165) is 0 Å². The van der Waals surface area contributed by atoms with Gasteiger partial charge in [0.1, 0.15) is 5.75 Å². The SMILES string of the molecule is C=CCN.O=S(=O)(O)CC(F)C(F)C(F)C(F)C(F)C(F)F. The summed E-state index contributed by atoms with van der Waals surface area (Å²) in [4.78, 5) is 0. The van der Waals surface area contributed by atoms with Crippen LogP contribution in [-0.2, 0) is 10.1 Å². The molecule has 0 bridgehead atoms. The summed E-state index contributed by atoms with van der Waals surface area (Å²) in [6.45, 7) is 3.94. The molecule has 0 rings (SSSR count). The van der Waals surface area contributed by atoms with E-state index in [1.165, 1.54) is 0 Å². The Hall–Kier alpha value is -0.880. The molecule has 4 nitrogen and oxygen atoms in total. The highest BCUT2D eigenvalue weighted by Crippen LogP contribution is 2.24. The van der Waals surface area contributed by atoms with Gasteiger partial charge in [-0.2, -0.15) is 8.42 Å². The van der Waals surface area contributed by atoms with E-state index in [4.69, 9.17) is 10.3 Å². The number of hydrogen-bond donors (Lipinski definition) is 2. The van der Waals surface area contributed by atoms with Crippen molar-refractivity contribution in [3.05, 3.63) is 12.7 Å². The zero-order valence-corrected chi connectivity index (χ0v) is 11.9. The molecule has 0 aliphatic heterocycles. The maximum atomic E-state index is 12.8. The normalized spacial score (nSPS) is 18.6. The maximum absolute atomic E-state index is 12.8. The van der Waals surface area contributed by atoms with Gasteiger partial charge < -0.3 is 5.73 Å². The number of halogens is 7. The van der Waals surface area contributed by atoms with Crippen LogP contribution in [0.3, 0.4) is 0 Å². The highest BCUT2D eigenvalue weighted by Gasteiger charge is 2.44. The second-order valence-corrected chi connectivity index (χ2v) is 5.40. The Bertz CT molecular complexity index is 409. The molecule has 0 saturated heterocycles. The summed E-state index contributed by atoms with van der Waals surface area (Å²) in [5, 5.41) is 0. The lowest BCUT2D eigenvalue weighted by Crippen LogP contribution is -2.43. The van der Waals surface area contributed by atoms with Crippen LogP contribution >= 0.6 is 0 Å². The first-order chi connectivity index (χ1) is 9.88. The summed E-state index contributed by atoms with van der Waals surface area (Å²) in [5.41, 5.74) is 4.91. The van der Waals surface area contributed by atoms with Crippen molar-refractivity contribution in [2.75, 3.05) is 12.3 Å². The van der Waals surface area contributed by atoms with Crippen molar-refractivity contribution in [2.45, 2.75) is 37.3 Å². The van der Waals surface area contributed by atoms with Gasteiger partial charge in [-0.05, 0) is 0 Å². The molecule has 0 aromatic carbocycles. The van der Waals surface area contributed by atoms with E-state index in [-0.39, 0.29) is 0 Å². The van der Waals surface area contributed by atoms with Gasteiger partial charge in [0.2, 0.25) is 0 Å². The molecule has 0 radical (unpaired) electrons. The highest BCUT2D eigenvalue weighted by molar-refractivity contribution is 7.85. The molecule has 134 valence electrons. The van der Waals surface area contributed by atoms with Gasteiger partial charge >= 0.3 is 0 Å². The Kier molecular flexibility index (Phi) is 11.5. The molecule has 0 amide bonds. The fraction of sp³-hybridized carbons (Fsp3) is 0.800. The fourth-order valence-corrected chi connectivity index (χ4v) is 1.57. The van der Waals surface area contributed by atoms with Crippen molar-refractivity contribution >= 4 is 10.1 Å². The number of rotatable bonds is 8. The Morgan fingerprint density at radius 1 is 0.955 bits per heavy atom. The van der Waals surface area contributed by atoms with Gasteiger partial charge in [0, 0.05) is 6.54 Å². The average Bonchev–Trinajstić information content (AvgIpc) is 2.42. The molecule has 0 saturated carbocycles. The third kappa shape index (κ3) is 9.95. The van der Waals surface area contributed by atoms with Crippen molar-refractivity contribution in [2.24, 2.45) is 5.73 Å². The van der Waals surface area contributed by atoms with Crippen LogP contribution in [0.4, 0.5) is 30.7 Å². The van der Waals surface area contributed by atoms with E-state index >= 15 is 0 Å². The molecule has 0 aliphatic rings. The molecule has 0 aliphatic carbocycles. The fourth-order valence-electron chi connectivity index (χ4n) is 0.983. The molecule has 0 spiro atoms. The summed E-state index contributed by atoms with van der Waals surface area (Å²) in [7, 11) is -5.01. The third-order valence-electron chi connectivity index (χ3n) is 2.04. The quantitative estimate of drug-likeness (QED) is 0.393. The van der Waals surface area contributed by atoms with E-state index in [9.17, 15) is 39.2 Å². The van der Waals surface area contributed by atoms with Gasteiger partial charge in [-0.25, -0.2) is 30.7 Å². The molecule has 0 aromatic rings. The average molecular weight is 363 g/mol. The first-order valence-corrected chi connectivity index (χ1v) is 7.24. The number of hydrogen-bond acceptors (Lipinski definition) is 3. The van der Waals surface area contributed by atoms with Gasteiger partial charge in [0.25, 0.3) is 16.5 Å². The van der Waals surface area contributed by atoms with Crippen LogP contribution in [0.25, 0.3) is 0 Å². The first kappa shape index (κ1) is 23.4. The molecule has 12 heteroatoms. The van der Waals surface area contributed by atoms with E-state index in [2.05, 4.69) is 6.58 Å². The van der Waals surface area contributed by atoms with Crippen molar-refractivity contribution in [1.29, 1.82) is 0 Å². The second kappa shape index (κ2) is 10.8. The van der Waals surface area contributed by atoms with Gasteiger partial charge in [0.05, 0.1) is 0 Å². The molecule has 5 atom stereocenters. The minimum atomic E-state index is -5.01. The van der Waals surface area contributed by atoms with Crippen LogP contribution in [0.15, 0.2) is 12.7 Å². The van der Waals surface area contributed by atoms with Crippen molar-refractivity contribution in [1.82, 2.24) is 0 Å². The maximum Gasteiger partial charge on any atom is 0.272 e. The molecule has 5 unspecified atom stereocenters. The predicted molar refractivity (Wildman–Crippen MR) is 66.2 cm³/mol. The number of alkyl halides is 7. The van der Waals surface area contributed by atoms with Crippen molar-refractivity contribution in [3.63, 3.8) is 0 Å². The number of nitrogens with two attached hydrogens (primary N) is 1. The largest absolute Gasteiger partial charge is 0.327 e. The van der Waals surface area contributed by atoms with Crippen molar-refractivity contribution < 1.29 is 43.7 Å². The summed E-state index contributed by atoms with van der Waals surface area (Å²) in [6.07, 6.45) is -19.9. The van der Waals surface area contributed by atoms with Crippen LogP contribution in [0, 0.1) is 0 Å². The monoisotopic (exact) mass is 363 g/mol. The van der Waals surface area contributed by atoms with Crippen LogP contribution in [0.5, 0.6) is 0 Å². The standard InChI is InChI=1S/C7H9F7O3S.C3H7N/c8-2(1-18(15,16)17)3(9)4(10)5(11)6(12)7(13)14;1-2-3-4/h2-7H,1H2,(H,15,16,17);2H,1,3-4H2. The Balaban J connectivity index is 0. The smallest absolute Gasteiger partial charge is 0.272 e. The molecule has 3 N–H and O–H groups in total. The molecular formula is C10H16F7NO3S. The highest BCUT2D eigenvalue weighted by atomic mass is 32.2. The first-order valence-electron chi connectivity index (χ1n) is 5.63. The van der Waals surface area contributed by atoms with Gasteiger partial charge in [0.15, 0.2) is 30.9 Å². The van der Waals surface area contributed by atoms with Crippen LogP contribution in [-0.4, -0.2) is 62.6 Å². The van der Waals surface area contributed by atoms with E-state index in [1.807, 2.05) is 0 Å². The molecule has 22 heavy (non-hydrogen) atoms. The van der Waals surface area contributed by atoms with E-state index < -0.39 is 53.2 Å². The molecular weight excluding hydrogens is 347 g/mol.